The second kappa shape index (κ2) is 6.66. The molecule has 0 unspecified atom stereocenters. The molecule has 2 fully saturated rings. The van der Waals surface area contributed by atoms with Gasteiger partial charge in [0.25, 0.3) is 0 Å². The number of anilines is 3. The zero-order valence-electron chi connectivity index (χ0n) is 13.2. The van der Waals surface area contributed by atoms with Crippen molar-refractivity contribution < 1.29 is 9.47 Å². The van der Waals surface area contributed by atoms with Gasteiger partial charge in [-0.25, -0.2) is 9.97 Å². The molecule has 3 heterocycles. The first-order valence-electron chi connectivity index (χ1n) is 8.11. The van der Waals surface area contributed by atoms with Gasteiger partial charge in [0.2, 0.25) is 0 Å². The zero-order chi connectivity index (χ0) is 16.4. The van der Waals surface area contributed by atoms with Crippen LogP contribution >= 0.6 is 15.9 Å². The monoisotopic (exact) mass is 390 g/mol. The number of halogens is 1. The lowest BCUT2D eigenvalue weighted by molar-refractivity contribution is -0.169. The molecule has 1 spiro atoms. The van der Waals surface area contributed by atoms with Crippen LogP contribution in [0.15, 0.2) is 41.1 Å². The van der Waals surface area contributed by atoms with Crippen molar-refractivity contribution in [3.8, 4) is 0 Å². The van der Waals surface area contributed by atoms with Crippen molar-refractivity contribution in [3.63, 3.8) is 0 Å². The summed E-state index contributed by atoms with van der Waals surface area (Å²) in [5.74, 6) is 1.34. The molecule has 2 saturated heterocycles. The Labute approximate surface area is 149 Å². The van der Waals surface area contributed by atoms with Crippen molar-refractivity contribution in [2.24, 2.45) is 0 Å². The van der Waals surface area contributed by atoms with Crippen LogP contribution < -0.4 is 10.2 Å². The number of hydrogen-bond donors (Lipinski definition) is 1. The van der Waals surface area contributed by atoms with E-state index in [4.69, 9.17) is 9.47 Å². The Hall–Kier alpha value is -1.70. The summed E-state index contributed by atoms with van der Waals surface area (Å²) >= 11 is 3.54. The fourth-order valence-corrected chi connectivity index (χ4v) is 3.53. The molecule has 1 aromatic carbocycles. The maximum atomic E-state index is 5.78. The van der Waals surface area contributed by atoms with Gasteiger partial charge in [0.1, 0.15) is 18.0 Å². The van der Waals surface area contributed by atoms with Gasteiger partial charge in [0.15, 0.2) is 5.79 Å². The van der Waals surface area contributed by atoms with Gasteiger partial charge in [0, 0.05) is 36.5 Å². The number of ether oxygens (including phenoxy) is 2. The summed E-state index contributed by atoms with van der Waals surface area (Å²) in [6, 6.07) is 9.95. The molecule has 2 aromatic rings. The average Bonchev–Trinajstić information content (AvgIpc) is 3.06. The van der Waals surface area contributed by atoms with Crippen molar-refractivity contribution in [1.29, 1.82) is 0 Å². The van der Waals surface area contributed by atoms with Crippen molar-refractivity contribution in [1.82, 2.24) is 9.97 Å². The summed E-state index contributed by atoms with van der Waals surface area (Å²) in [4.78, 5) is 11.0. The Morgan fingerprint density at radius 2 is 1.83 bits per heavy atom. The first kappa shape index (κ1) is 15.8. The molecule has 0 amide bonds. The summed E-state index contributed by atoms with van der Waals surface area (Å²) < 4.78 is 12.6. The Morgan fingerprint density at radius 1 is 1.08 bits per heavy atom. The van der Waals surface area contributed by atoms with Gasteiger partial charge < -0.3 is 19.7 Å². The lowest BCUT2D eigenvalue weighted by Crippen LogP contribution is -2.45. The zero-order valence-corrected chi connectivity index (χ0v) is 14.8. The van der Waals surface area contributed by atoms with E-state index in [1.165, 1.54) is 0 Å². The van der Waals surface area contributed by atoms with E-state index in [1.54, 1.807) is 6.33 Å². The molecule has 0 bridgehead atoms. The van der Waals surface area contributed by atoms with Crippen LogP contribution in [-0.4, -0.2) is 42.1 Å². The van der Waals surface area contributed by atoms with Crippen molar-refractivity contribution in [2.75, 3.05) is 36.5 Å². The summed E-state index contributed by atoms with van der Waals surface area (Å²) in [5, 5.41) is 3.33. The number of nitrogens with one attached hydrogen (secondary N) is 1. The van der Waals surface area contributed by atoms with E-state index >= 15 is 0 Å². The Balaban J connectivity index is 1.46. The maximum absolute atomic E-state index is 5.78. The first-order valence-corrected chi connectivity index (χ1v) is 8.90. The number of rotatable bonds is 3. The number of aromatic nitrogens is 2. The highest BCUT2D eigenvalue weighted by Gasteiger charge is 2.40. The molecule has 1 N–H and O–H groups in total. The first-order chi connectivity index (χ1) is 11.7. The normalized spacial score (nSPS) is 19.6. The van der Waals surface area contributed by atoms with Gasteiger partial charge in [-0.1, -0.05) is 12.1 Å². The second-order valence-corrected chi connectivity index (χ2v) is 6.82. The summed E-state index contributed by atoms with van der Waals surface area (Å²) in [6.07, 6.45) is 3.33. The molecule has 24 heavy (non-hydrogen) atoms. The van der Waals surface area contributed by atoms with E-state index in [9.17, 15) is 0 Å². The van der Waals surface area contributed by atoms with Crippen LogP contribution in [0.2, 0.25) is 0 Å². The molecule has 4 rings (SSSR count). The van der Waals surface area contributed by atoms with E-state index in [2.05, 4.69) is 36.1 Å². The van der Waals surface area contributed by atoms with E-state index < -0.39 is 0 Å². The van der Waals surface area contributed by atoms with Crippen LogP contribution in [0.25, 0.3) is 0 Å². The van der Waals surface area contributed by atoms with Crippen LogP contribution in [0.5, 0.6) is 0 Å². The number of nitrogens with zero attached hydrogens (tertiary/aromatic N) is 3. The van der Waals surface area contributed by atoms with Gasteiger partial charge in [0.05, 0.1) is 18.9 Å². The number of benzene rings is 1. The van der Waals surface area contributed by atoms with Gasteiger partial charge in [-0.05, 0) is 28.1 Å². The predicted molar refractivity (Wildman–Crippen MR) is 95.5 cm³/mol. The highest BCUT2D eigenvalue weighted by molar-refractivity contribution is 9.10. The van der Waals surface area contributed by atoms with Crippen molar-refractivity contribution >= 4 is 33.3 Å². The third-order valence-corrected chi connectivity index (χ3v) is 5.14. The fraction of sp³-hybridized carbons (Fsp3) is 0.412. The highest BCUT2D eigenvalue weighted by atomic mass is 79.9. The molecular formula is C17H19BrN4O2. The third-order valence-electron chi connectivity index (χ3n) is 4.45. The van der Waals surface area contributed by atoms with Crippen LogP contribution in [0.4, 0.5) is 17.3 Å². The smallest absolute Gasteiger partial charge is 0.171 e. The topological polar surface area (TPSA) is 59.5 Å². The van der Waals surface area contributed by atoms with Gasteiger partial charge >= 0.3 is 0 Å². The minimum atomic E-state index is -0.362. The van der Waals surface area contributed by atoms with Gasteiger partial charge in [-0.3, -0.25) is 0 Å². The highest BCUT2D eigenvalue weighted by Crippen LogP contribution is 2.33. The average molecular weight is 391 g/mol. The maximum Gasteiger partial charge on any atom is 0.171 e. The fourth-order valence-electron chi connectivity index (χ4n) is 3.15. The standard InChI is InChI=1S/C17H19BrN4O2/c18-13-3-1-2-4-14(13)21-15-11-16(20-12-19-15)22-7-5-17(6-8-22)23-9-10-24-17/h1-4,11-12H,5-10H2,(H,19,20,21). The molecule has 126 valence electrons. The van der Waals surface area contributed by atoms with Crippen LogP contribution in [0, 0.1) is 0 Å². The van der Waals surface area contributed by atoms with Crippen molar-refractivity contribution in [2.45, 2.75) is 18.6 Å². The SMILES string of the molecule is Brc1ccccc1Nc1cc(N2CCC3(CC2)OCCO3)ncn1. The van der Waals surface area contributed by atoms with Crippen LogP contribution in [-0.2, 0) is 9.47 Å². The number of hydrogen-bond acceptors (Lipinski definition) is 6. The third kappa shape index (κ3) is 3.24. The molecule has 0 radical (unpaired) electrons. The van der Waals surface area contributed by atoms with Crippen LogP contribution in [0.1, 0.15) is 12.8 Å². The molecule has 7 heteroatoms. The molecule has 0 aliphatic carbocycles. The van der Waals surface area contributed by atoms with E-state index in [-0.39, 0.29) is 5.79 Å². The molecule has 2 aliphatic heterocycles. The quantitative estimate of drug-likeness (QED) is 0.867. The van der Waals surface area contributed by atoms with Gasteiger partial charge in [-0.15, -0.1) is 0 Å². The largest absolute Gasteiger partial charge is 0.356 e. The Kier molecular flexibility index (Phi) is 4.39. The molecular weight excluding hydrogens is 372 g/mol. The van der Waals surface area contributed by atoms with E-state index in [0.29, 0.717) is 13.2 Å². The number of piperidine rings is 1. The molecule has 2 aliphatic rings. The number of para-hydroxylation sites is 1. The molecule has 0 saturated carbocycles. The van der Waals surface area contributed by atoms with Crippen LogP contribution in [0.3, 0.4) is 0 Å². The minimum absolute atomic E-state index is 0.362. The van der Waals surface area contributed by atoms with E-state index in [0.717, 1.165) is 47.7 Å². The molecule has 6 nitrogen and oxygen atoms in total. The lowest BCUT2D eigenvalue weighted by atomic mass is 10.0. The summed E-state index contributed by atoms with van der Waals surface area (Å²) in [6.45, 7) is 3.14. The minimum Gasteiger partial charge on any atom is -0.356 e. The van der Waals surface area contributed by atoms with E-state index in [1.807, 2.05) is 30.3 Å². The Bertz CT molecular complexity index is 711. The second-order valence-electron chi connectivity index (χ2n) is 5.96. The molecule has 0 atom stereocenters. The van der Waals surface area contributed by atoms with Crippen molar-refractivity contribution in [3.05, 3.63) is 41.1 Å². The summed E-state index contributed by atoms with van der Waals surface area (Å²) in [7, 11) is 0. The van der Waals surface area contributed by atoms with Gasteiger partial charge in [-0.2, -0.15) is 0 Å². The lowest BCUT2D eigenvalue weighted by Gasteiger charge is -2.38. The summed E-state index contributed by atoms with van der Waals surface area (Å²) in [5.41, 5.74) is 0.979. The Morgan fingerprint density at radius 3 is 2.58 bits per heavy atom. The predicted octanol–water partition coefficient (Wildman–Crippen LogP) is 3.33. The molecule has 1 aromatic heterocycles.